The number of hydrogen-bond donors (Lipinski definition) is 2. The lowest BCUT2D eigenvalue weighted by Crippen LogP contribution is -2.19. The summed E-state index contributed by atoms with van der Waals surface area (Å²) in [6.45, 7) is 7.23. The molecule has 0 spiro atoms. The highest BCUT2D eigenvalue weighted by Gasteiger charge is 2.17. The van der Waals surface area contributed by atoms with Crippen molar-refractivity contribution in [2.45, 2.75) is 27.7 Å². The first-order valence-electron chi connectivity index (χ1n) is 8.17. The van der Waals surface area contributed by atoms with Crippen LogP contribution >= 0.6 is 0 Å². The van der Waals surface area contributed by atoms with E-state index >= 15 is 0 Å². The smallest absolute Gasteiger partial charge is 0.340 e. The molecule has 0 unspecified atom stereocenters. The van der Waals surface area contributed by atoms with Crippen molar-refractivity contribution in [2.24, 2.45) is 0 Å². The maximum Gasteiger partial charge on any atom is 0.340 e. The molecule has 26 heavy (non-hydrogen) atoms. The Balaban J connectivity index is 0.00000163. The average molecular weight is 358 g/mol. The molecule has 0 fully saturated rings. The van der Waals surface area contributed by atoms with Crippen LogP contribution in [-0.4, -0.2) is 34.4 Å². The summed E-state index contributed by atoms with van der Waals surface area (Å²) in [7, 11) is 0. The Kier molecular flexibility index (Phi) is 8.42. The number of nitrogens with one attached hydrogen (secondary N) is 2. The number of rotatable bonds is 5. The van der Waals surface area contributed by atoms with Gasteiger partial charge in [0.05, 0.1) is 41.5 Å². The van der Waals surface area contributed by atoms with Crippen LogP contribution in [0.1, 0.15) is 48.4 Å². The van der Waals surface area contributed by atoms with E-state index in [0.29, 0.717) is 0 Å². The molecule has 0 saturated carbocycles. The lowest BCUT2D eigenvalue weighted by atomic mass is 10.2. The zero-order valence-electron chi connectivity index (χ0n) is 15.2. The molecule has 138 valence electrons. The lowest BCUT2D eigenvalue weighted by molar-refractivity contribution is -0.114. The van der Waals surface area contributed by atoms with Gasteiger partial charge in [0.15, 0.2) is 0 Å². The highest BCUT2D eigenvalue weighted by Crippen LogP contribution is 2.19. The quantitative estimate of drug-likeness (QED) is 0.795. The number of carbonyl (C=O) groups excluding carboxylic acids is 3. The van der Waals surface area contributed by atoms with E-state index in [-0.39, 0.29) is 35.0 Å². The van der Waals surface area contributed by atoms with E-state index < -0.39 is 11.9 Å². The third-order valence-corrected chi connectivity index (χ3v) is 2.94. The van der Waals surface area contributed by atoms with E-state index in [0.717, 1.165) is 0 Å². The van der Waals surface area contributed by atoms with Gasteiger partial charge in [-0.1, -0.05) is 13.8 Å². The average Bonchev–Trinajstić information content (AvgIpc) is 2.64. The molecule has 2 aromatic heterocycles. The molecule has 2 aromatic rings. The van der Waals surface area contributed by atoms with Crippen molar-refractivity contribution >= 4 is 29.2 Å². The lowest BCUT2D eigenvalue weighted by Gasteiger charge is -2.12. The van der Waals surface area contributed by atoms with Crippen LogP contribution in [0.4, 0.5) is 11.4 Å². The first-order valence-corrected chi connectivity index (χ1v) is 8.17. The maximum atomic E-state index is 12.5. The van der Waals surface area contributed by atoms with E-state index in [1.54, 1.807) is 6.92 Å². The predicted molar refractivity (Wildman–Crippen MR) is 98.0 cm³/mol. The van der Waals surface area contributed by atoms with Gasteiger partial charge in [0, 0.05) is 19.3 Å². The van der Waals surface area contributed by atoms with Gasteiger partial charge in [-0.05, 0) is 19.1 Å². The highest BCUT2D eigenvalue weighted by atomic mass is 16.5. The highest BCUT2D eigenvalue weighted by molar-refractivity contribution is 6.11. The molecule has 0 bridgehead atoms. The molecule has 2 amide bonds. The zero-order valence-corrected chi connectivity index (χ0v) is 15.2. The van der Waals surface area contributed by atoms with E-state index in [4.69, 9.17) is 4.74 Å². The van der Waals surface area contributed by atoms with E-state index in [9.17, 15) is 14.4 Å². The summed E-state index contributed by atoms with van der Waals surface area (Å²) in [5.74, 6) is -1.41. The second-order valence-corrected chi connectivity index (χ2v) is 4.70. The van der Waals surface area contributed by atoms with Crippen molar-refractivity contribution < 1.29 is 19.1 Å². The topological polar surface area (TPSA) is 110 Å². The third kappa shape index (κ3) is 5.66. The van der Waals surface area contributed by atoms with Crippen molar-refractivity contribution in [3.8, 4) is 0 Å². The number of nitrogens with zero attached hydrogens (tertiary/aromatic N) is 2. The number of aromatic nitrogens is 2. The summed E-state index contributed by atoms with van der Waals surface area (Å²) >= 11 is 0. The molecule has 0 atom stereocenters. The fourth-order valence-corrected chi connectivity index (χ4v) is 1.95. The van der Waals surface area contributed by atoms with Crippen LogP contribution in [0.25, 0.3) is 0 Å². The Bertz CT molecular complexity index is 777. The van der Waals surface area contributed by atoms with Gasteiger partial charge in [-0.25, -0.2) is 4.79 Å². The van der Waals surface area contributed by atoms with Gasteiger partial charge in [0.25, 0.3) is 5.91 Å². The largest absolute Gasteiger partial charge is 0.462 e. The minimum Gasteiger partial charge on any atom is -0.462 e. The number of anilines is 2. The molecule has 0 radical (unpaired) electrons. The molecular formula is C18H22N4O4. The standard InChI is InChI=1S/C16H16N4O4.C2H6/c1-3-24-16(23)12-5-7-18-9-14(12)20-15(22)11-4-6-17-8-13(11)19-10(2)21;1-2/h4-9H,3H2,1-2H3,(H,19,21)(H,20,22);1-2H3. The van der Waals surface area contributed by atoms with Gasteiger partial charge in [-0.2, -0.15) is 0 Å². The second kappa shape index (κ2) is 10.5. The van der Waals surface area contributed by atoms with Crippen LogP contribution < -0.4 is 10.6 Å². The van der Waals surface area contributed by atoms with Gasteiger partial charge < -0.3 is 15.4 Å². The molecule has 2 N–H and O–H groups in total. The van der Waals surface area contributed by atoms with E-state index in [2.05, 4.69) is 20.6 Å². The second-order valence-electron chi connectivity index (χ2n) is 4.70. The Morgan fingerprint density at radius 3 is 2.04 bits per heavy atom. The van der Waals surface area contributed by atoms with Crippen LogP contribution in [0.3, 0.4) is 0 Å². The summed E-state index contributed by atoms with van der Waals surface area (Å²) in [6.07, 6.45) is 5.57. The summed E-state index contributed by atoms with van der Waals surface area (Å²) in [4.78, 5) is 43.4. The number of amides is 2. The van der Waals surface area contributed by atoms with E-state index in [1.807, 2.05) is 13.8 Å². The van der Waals surface area contributed by atoms with Crippen LogP contribution in [0.15, 0.2) is 36.9 Å². The van der Waals surface area contributed by atoms with Crippen molar-refractivity contribution in [1.82, 2.24) is 9.97 Å². The first kappa shape index (κ1) is 20.8. The van der Waals surface area contributed by atoms with Crippen LogP contribution in [-0.2, 0) is 9.53 Å². The normalized spacial score (nSPS) is 9.38. The minimum absolute atomic E-state index is 0.190. The summed E-state index contributed by atoms with van der Waals surface area (Å²) in [5, 5.41) is 5.13. The monoisotopic (exact) mass is 358 g/mol. The Morgan fingerprint density at radius 2 is 1.50 bits per heavy atom. The zero-order chi connectivity index (χ0) is 19.5. The van der Waals surface area contributed by atoms with Gasteiger partial charge in [0.2, 0.25) is 5.91 Å². The van der Waals surface area contributed by atoms with Crippen LogP contribution in [0.5, 0.6) is 0 Å². The maximum absolute atomic E-state index is 12.5. The fourth-order valence-electron chi connectivity index (χ4n) is 1.95. The molecule has 0 aliphatic carbocycles. The molecule has 0 aliphatic heterocycles. The molecule has 8 nitrogen and oxygen atoms in total. The fraction of sp³-hybridized carbons (Fsp3) is 0.278. The van der Waals surface area contributed by atoms with Gasteiger partial charge >= 0.3 is 5.97 Å². The first-order chi connectivity index (χ1) is 12.5. The Morgan fingerprint density at radius 1 is 0.962 bits per heavy atom. The van der Waals surface area contributed by atoms with Gasteiger partial charge in [-0.15, -0.1) is 0 Å². The SMILES string of the molecule is CC.CCOC(=O)c1ccncc1NC(=O)c1ccncc1NC(C)=O. The number of pyridine rings is 2. The molecule has 2 heterocycles. The molecule has 0 aliphatic rings. The van der Waals surface area contributed by atoms with Crippen molar-refractivity contribution in [2.75, 3.05) is 17.2 Å². The van der Waals surface area contributed by atoms with Crippen molar-refractivity contribution in [1.29, 1.82) is 0 Å². The van der Waals surface area contributed by atoms with Crippen LogP contribution in [0.2, 0.25) is 0 Å². The Labute approximate surface area is 152 Å². The molecule has 8 heteroatoms. The Hall–Kier alpha value is -3.29. The number of carbonyl (C=O) groups is 3. The molecule has 2 rings (SSSR count). The number of hydrogen-bond acceptors (Lipinski definition) is 6. The molecule has 0 saturated heterocycles. The summed E-state index contributed by atoms with van der Waals surface area (Å²) in [6, 6.07) is 2.91. The van der Waals surface area contributed by atoms with E-state index in [1.165, 1.54) is 43.8 Å². The van der Waals surface area contributed by atoms with Gasteiger partial charge in [0.1, 0.15) is 0 Å². The van der Waals surface area contributed by atoms with Crippen molar-refractivity contribution in [3.05, 3.63) is 48.0 Å². The number of esters is 1. The summed E-state index contributed by atoms with van der Waals surface area (Å²) < 4.78 is 4.95. The predicted octanol–water partition coefficient (Wildman–Crippen LogP) is 2.89. The van der Waals surface area contributed by atoms with Crippen LogP contribution in [0, 0.1) is 0 Å². The molecule has 0 aromatic carbocycles. The third-order valence-electron chi connectivity index (χ3n) is 2.94. The van der Waals surface area contributed by atoms with Crippen molar-refractivity contribution in [3.63, 3.8) is 0 Å². The summed E-state index contributed by atoms with van der Waals surface area (Å²) in [5.41, 5.74) is 0.879. The number of ether oxygens (including phenoxy) is 1. The van der Waals surface area contributed by atoms with Gasteiger partial charge in [-0.3, -0.25) is 19.6 Å². The minimum atomic E-state index is -0.563. The molecular weight excluding hydrogens is 336 g/mol.